The number of methoxy groups -OCH3 is 2. The summed E-state index contributed by atoms with van der Waals surface area (Å²) in [6.07, 6.45) is 3.83. The number of hydrogen-bond donors (Lipinski definition) is 0. The Labute approximate surface area is 182 Å². The topological polar surface area (TPSA) is 79.5 Å². The van der Waals surface area contributed by atoms with Crippen LogP contribution in [0.5, 0.6) is 0 Å². The number of aromatic nitrogens is 1. The number of benzene rings is 3. The SMILES string of the molecule is COC(OC)(c1ccccc1)[n+]1ccccc1.O=S(=O)([O-])c1cccc2ccccc12. The average Bonchev–Trinajstić information content (AvgIpc) is 2.81. The highest BCUT2D eigenvalue weighted by atomic mass is 32.2. The van der Waals surface area contributed by atoms with Crippen molar-refractivity contribution in [1.82, 2.24) is 0 Å². The fourth-order valence-electron chi connectivity index (χ4n) is 3.34. The highest BCUT2D eigenvalue weighted by Gasteiger charge is 2.42. The molecule has 0 N–H and O–H groups in total. The molecule has 160 valence electrons. The van der Waals surface area contributed by atoms with Crippen molar-refractivity contribution in [3.63, 3.8) is 0 Å². The highest BCUT2D eigenvalue weighted by Crippen LogP contribution is 2.22. The van der Waals surface area contributed by atoms with Crippen LogP contribution in [0.1, 0.15) is 5.56 Å². The molecular formula is C24H23NO5S. The van der Waals surface area contributed by atoms with Gasteiger partial charge in [-0.3, -0.25) is 9.47 Å². The standard InChI is InChI=1S/C14H16NO2.C10H8O3S/c1-16-14(17-2,13-9-5-3-6-10-13)15-11-7-4-8-12-15;11-14(12,13)10-7-3-5-8-4-1-2-6-9(8)10/h3-12H,1-2H3;1-7H,(H,11,12,13)/q+1;/p-1. The average molecular weight is 438 g/mol. The molecule has 6 nitrogen and oxygen atoms in total. The minimum atomic E-state index is -4.38. The van der Waals surface area contributed by atoms with Crippen LogP contribution in [-0.4, -0.2) is 27.2 Å². The Morgan fingerprint density at radius 3 is 1.90 bits per heavy atom. The van der Waals surface area contributed by atoms with Gasteiger partial charge in [0.25, 0.3) is 0 Å². The van der Waals surface area contributed by atoms with Crippen LogP contribution in [0.2, 0.25) is 0 Å². The summed E-state index contributed by atoms with van der Waals surface area (Å²) in [5, 5.41) is 1.23. The lowest BCUT2D eigenvalue weighted by atomic mass is 10.1. The van der Waals surface area contributed by atoms with Crippen molar-refractivity contribution in [2.75, 3.05) is 14.2 Å². The first-order valence-corrected chi connectivity index (χ1v) is 10.9. The smallest absolute Gasteiger partial charge is 0.419 e. The third-order valence-electron chi connectivity index (χ3n) is 4.77. The maximum Gasteiger partial charge on any atom is 0.419 e. The quantitative estimate of drug-likeness (QED) is 0.270. The van der Waals surface area contributed by atoms with E-state index >= 15 is 0 Å². The molecule has 0 saturated heterocycles. The fourth-order valence-corrected chi connectivity index (χ4v) is 4.04. The number of nitrogens with zero attached hydrogens (tertiary/aromatic N) is 1. The largest absolute Gasteiger partial charge is 0.744 e. The molecule has 0 unspecified atom stereocenters. The fraction of sp³-hybridized carbons (Fsp3) is 0.125. The summed E-state index contributed by atoms with van der Waals surface area (Å²) in [5.74, 6) is -0.914. The Kier molecular flexibility index (Phi) is 7.14. The van der Waals surface area contributed by atoms with Crippen molar-refractivity contribution < 1.29 is 27.0 Å². The summed E-state index contributed by atoms with van der Waals surface area (Å²) in [6, 6.07) is 27.2. The second-order valence-corrected chi connectivity index (χ2v) is 7.92. The monoisotopic (exact) mass is 437 g/mol. The van der Waals surface area contributed by atoms with Gasteiger partial charge in [-0.2, -0.15) is 0 Å². The molecule has 1 aromatic heterocycles. The van der Waals surface area contributed by atoms with Gasteiger partial charge >= 0.3 is 5.91 Å². The van der Waals surface area contributed by atoms with Gasteiger partial charge in [-0.05, 0) is 29.0 Å². The van der Waals surface area contributed by atoms with E-state index in [0.29, 0.717) is 5.39 Å². The van der Waals surface area contributed by atoms with Crippen LogP contribution in [0, 0.1) is 0 Å². The van der Waals surface area contributed by atoms with E-state index in [2.05, 4.69) is 0 Å². The molecule has 0 fully saturated rings. The third kappa shape index (κ3) is 4.98. The molecule has 3 aromatic carbocycles. The van der Waals surface area contributed by atoms with Gasteiger partial charge in [-0.25, -0.2) is 8.42 Å². The molecule has 0 spiro atoms. The minimum absolute atomic E-state index is 0.157. The zero-order valence-electron chi connectivity index (χ0n) is 17.2. The summed E-state index contributed by atoms with van der Waals surface area (Å²) >= 11 is 0. The molecule has 0 amide bonds. The van der Waals surface area contributed by atoms with E-state index in [4.69, 9.17) is 9.47 Å². The van der Waals surface area contributed by atoms with Gasteiger partial charge in [0.05, 0.1) is 10.5 Å². The first-order valence-electron chi connectivity index (χ1n) is 9.48. The number of hydrogen-bond acceptors (Lipinski definition) is 5. The van der Waals surface area contributed by atoms with Gasteiger partial charge in [-0.1, -0.05) is 60.7 Å². The zero-order valence-corrected chi connectivity index (χ0v) is 18.0. The van der Waals surface area contributed by atoms with Crippen LogP contribution in [-0.2, 0) is 25.5 Å². The Morgan fingerprint density at radius 1 is 0.742 bits per heavy atom. The van der Waals surface area contributed by atoms with E-state index in [1.54, 1.807) is 50.6 Å². The minimum Gasteiger partial charge on any atom is -0.744 e. The maximum absolute atomic E-state index is 10.9. The lowest BCUT2D eigenvalue weighted by molar-refractivity contribution is -0.842. The molecule has 0 bridgehead atoms. The molecule has 0 saturated carbocycles. The van der Waals surface area contributed by atoms with Gasteiger partial charge in [0.2, 0.25) is 0 Å². The molecule has 0 aliphatic rings. The number of pyridine rings is 1. The van der Waals surface area contributed by atoms with Gasteiger partial charge in [0.1, 0.15) is 10.1 Å². The molecule has 0 atom stereocenters. The maximum atomic E-state index is 10.9. The van der Waals surface area contributed by atoms with Gasteiger partial charge < -0.3 is 4.55 Å². The number of rotatable bonds is 5. The van der Waals surface area contributed by atoms with Crippen LogP contribution in [0.3, 0.4) is 0 Å². The molecular weight excluding hydrogens is 414 g/mol. The lowest BCUT2D eigenvalue weighted by Crippen LogP contribution is -2.59. The van der Waals surface area contributed by atoms with Crippen molar-refractivity contribution in [1.29, 1.82) is 0 Å². The van der Waals surface area contributed by atoms with Crippen molar-refractivity contribution in [3.05, 3.63) is 109 Å². The number of fused-ring (bicyclic) bond motifs is 1. The second-order valence-electron chi connectivity index (χ2n) is 6.57. The van der Waals surface area contributed by atoms with E-state index in [9.17, 15) is 13.0 Å². The molecule has 4 rings (SSSR count). The molecule has 0 aliphatic carbocycles. The van der Waals surface area contributed by atoms with E-state index in [0.717, 1.165) is 10.9 Å². The second kappa shape index (κ2) is 9.80. The molecule has 0 radical (unpaired) electrons. The molecule has 1 heterocycles. The predicted octanol–water partition coefficient (Wildman–Crippen LogP) is 3.67. The third-order valence-corrected chi connectivity index (χ3v) is 5.66. The van der Waals surface area contributed by atoms with Crippen LogP contribution in [0.25, 0.3) is 10.8 Å². The van der Waals surface area contributed by atoms with Gasteiger partial charge in [0, 0.05) is 26.4 Å². The van der Waals surface area contributed by atoms with Gasteiger partial charge in [-0.15, -0.1) is 4.57 Å². The van der Waals surface area contributed by atoms with Crippen molar-refractivity contribution in [3.8, 4) is 0 Å². The first kappa shape index (κ1) is 22.6. The molecule has 0 aliphatic heterocycles. The van der Waals surface area contributed by atoms with Crippen molar-refractivity contribution in [2.24, 2.45) is 0 Å². The Bertz CT molecular complexity index is 1180. The predicted molar refractivity (Wildman–Crippen MR) is 116 cm³/mol. The van der Waals surface area contributed by atoms with Crippen molar-refractivity contribution >= 4 is 20.9 Å². The summed E-state index contributed by atoms with van der Waals surface area (Å²) in [4.78, 5) is -0.157. The summed E-state index contributed by atoms with van der Waals surface area (Å²) < 4.78 is 45.8. The van der Waals surface area contributed by atoms with E-state index in [1.807, 2.05) is 65.5 Å². The summed E-state index contributed by atoms with van der Waals surface area (Å²) in [6.45, 7) is 0. The first-order chi connectivity index (χ1) is 14.9. The number of ether oxygens (including phenoxy) is 2. The zero-order chi connectivity index (χ0) is 22.3. The summed E-state index contributed by atoms with van der Waals surface area (Å²) in [7, 11) is -1.11. The Balaban J connectivity index is 0.000000179. The van der Waals surface area contributed by atoms with Crippen LogP contribution in [0.4, 0.5) is 0 Å². The van der Waals surface area contributed by atoms with E-state index in [1.165, 1.54) is 6.07 Å². The van der Waals surface area contributed by atoms with Crippen LogP contribution >= 0.6 is 0 Å². The highest BCUT2D eigenvalue weighted by molar-refractivity contribution is 7.86. The molecule has 4 aromatic rings. The molecule has 31 heavy (non-hydrogen) atoms. The van der Waals surface area contributed by atoms with E-state index in [-0.39, 0.29) is 4.90 Å². The Morgan fingerprint density at radius 2 is 1.29 bits per heavy atom. The van der Waals surface area contributed by atoms with Crippen LogP contribution < -0.4 is 4.57 Å². The van der Waals surface area contributed by atoms with Gasteiger partial charge in [0.15, 0.2) is 12.4 Å². The molecule has 7 heteroatoms. The summed E-state index contributed by atoms with van der Waals surface area (Å²) in [5.41, 5.74) is 0.946. The van der Waals surface area contributed by atoms with Crippen molar-refractivity contribution in [2.45, 2.75) is 10.8 Å². The normalized spacial score (nSPS) is 11.6. The van der Waals surface area contributed by atoms with E-state index < -0.39 is 16.0 Å². The van der Waals surface area contributed by atoms with Crippen LogP contribution in [0.15, 0.2) is 108 Å². The lowest BCUT2D eigenvalue weighted by Gasteiger charge is -2.24. The Hall–Kier alpha value is -3.10.